The Hall–Kier alpha value is -3.36. The van der Waals surface area contributed by atoms with E-state index in [0.29, 0.717) is 12.8 Å². The minimum Gasteiger partial charge on any atom is -0.456 e. The number of ether oxygens (including phenoxy) is 1. The van der Waals surface area contributed by atoms with Crippen molar-refractivity contribution < 1.29 is 23.3 Å². The van der Waals surface area contributed by atoms with Crippen molar-refractivity contribution in [2.45, 2.75) is 63.5 Å². The Bertz CT molecular complexity index is 1190. The van der Waals surface area contributed by atoms with E-state index in [0.717, 1.165) is 16.4 Å². The summed E-state index contributed by atoms with van der Waals surface area (Å²) in [6.45, 7) is 6.54. The summed E-state index contributed by atoms with van der Waals surface area (Å²) in [7, 11) is -2.83. The third-order valence-corrected chi connectivity index (χ3v) is 12.1. The van der Waals surface area contributed by atoms with Crippen LogP contribution in [0.5, 0.6) is 0 Å². The monoisotopic (exact) mass is 521 g/mol. The number of hydrogen-bond acceptors (Lipinski definition) is 5. The number of carbonyl (C=O) groups excluding carboxylic acids is 1. The summed E-state index contributed by atoms with van der Waals surface area (Å²) in [5, 5.41) is 13.1. The lowest BCUT2D eigenvalue weighted by molar-refractivity contribution is -0.384. The van der Waals surface area contributed by atoms with Gasteiger partial charge in [-0.3, -0.25) is 10.1 Å². The minimum atomic E-state index is -2.83. The Labute approximate surface area is 217 Å². The molecule has 3 unspecified atom stereocenters. The fraction of sp³-hybridized carbons (Fsp3) is 0.345. The molecule has 3 aromatic carbocycles. The van der Waals surface area contributed by atoms with Gasteiger partial charge < -0.3 is 9.16 Å². The standard InChI is InChI=1S/C29H32FNO5Si/c1-29(2,3)37(24-13-6-4-7-14-24,25-15-8-5-9-16-25)36-23-17-18-27(26(30)20-23)35-28(32)21-11-10-12-22(19-21)31(33)34/h4-16,19,23,26-27H,17-18,20H2,1-3H3. The van der Waals surface area contributed by atoms with Crippen LogP contribution in [0.2, 0.25) is 5.04 Å². The van der Waals surface area contributed by atoms with E-state index < -0.39 is 31.5 Å². The van der Waals surface area contributed by atoms with Crippen molar-refractivity contribution in [3.63, 3.8) is 0 Å². The Balaban J connectivity index is 1.54. The molecule has 0 bridgehead atoms. The summed E-state index contributed by atoms with van der Waals surface area (Å²) in [5.74, 6) is -0.761. The molecule has 0 radical (unpaired) electrons. The van der Waals surface area contributed by atoms with Crippen molar-refractivity contribution in [1.82, 2.24) is 0 Å². The topological polar surface area (TPSA) is 78.7 Å². The van der Waals surface area contributed by atoms with Crippen molar-refractivity contribution in [2.24, 2.45) is 0 Å². The molecular formula is C29H32FNO5Si. The zero-order chi connectivity index (χ0) is 26.6. The number of nitrogens with zero attached hydrogens (tertiary/aromatic N) is 1. The molecule has 1 saturated carbocycles. The van der Waals surface area contributed by atoms with Gasteiger partial charge >= 0.3 is 5.97 Å². The second kappa shape index (κ2) is 10.9. The number of halogens is 1. The first-order chi connectivity index (χ1) is 17.6. The van der Waals surface area contributed by atoms with Gasteiger partial charge in [0, 0.05) is 24.7 Å². The molecular weight excluding hydrogens is 489 g/mol. The predicted octanol–water partition coefficient (Wildman–Crippen LogP) is 5.59. The van der Waals surface area contributed by atoms with Crippen LogP contribution in [0.15, 0.2) is 84.9 Å². The summed E-state index contributed by atoms with van der Waals surface area (Å²) in [6, 6.07) is 25.7. The molecule has 194 valence electrons. The zero-order valence-electron chi connectivity index (χ0n) is 21.3. The second-order valence-corrected chi connectivity index (χ2v) is 14.7. The molecule has 0 spiro atoms. The van der Waals surface area contributed by atoms with Crippen LogP contribution in [0.25, 0.3) is 0 Å². The second-order valence-electron chi connectivity index (χ2n) is 10.5. The average Bonchev–Trinajstić information content (AvgIpc) is 2.89. The lowest BCUT2D eigenvalue weighted by Gasteiger charge is -2.46. The van der Waals surface area contributed by atoms with Crippen LogP contribution in [0, 0.1) is 10.1 Å². The quantitative estimate of drug-likeness (QED) is 0.175. The van der Waals surface area contributed by atoms with Crippen LogP contribution in [0.1, 0.15) is 50.4 Å². The molecule has 0 N–H and O–H groups in total. The number of hydrogen-bond donors (Lipinski definition) is 0. The maximum atomic E-state index is 15.4. The smallest absolute Gasteiger partial charge is 0.338 e. The van der Waals surface area contributed by atoms with Crippen molar-refractivity contribution >= 4 is 30.3 Å². The van der Waals surface area contributed by atoms with Crippen LogP contribution in [-0.4, -0.2) is 37.6 Å². The lowest BCUT2D eigenvalue weighted by atomic mass is 9.93. The molecule has 0 heterocycles. The van der Waals surface area contributed by atoms with Gasteiger partial charge in [0.15, 0.2) is 0 Å². The van der Waals surface area contributed by atoms with Gasteiger partial charge in [-0.2, -0.15) is 0 Å². The van der Waals surface area contributed by atoms with E-state index in [9.17, 15) is 14.9 Å². The number of nitro benzene ring substituents is 1. The molecule has 1 aliphatic rings. The Kier molecular flexibility index (Phi) is 7.89. The molecule has 3 atom stereocenters. The fourth-order valence-corrected chi connectivity index (χ4v) is 9.91. The van der Waals surface area contributed by atoms with Crippen molar-refractivity contribution in [3.8, 4) is 0 Å². The van der Waals surface area contributed by atoms with Crippen LogP contribution in [-0.2, 0) is 9.16 Å². The Morgan fingerprint density at radius 2 is 1.54 bits per heavy atom. The molecule has 8 heteroatoms. The molecule has 0 aliphatic heterocycles. The van der Waals surface area contributed by atoms with E-state index in [-0.39, 0.29) is 28.8 Å². The normalized spacial score (nSPS) is 20.3. The molecule has 0 saturated heterocycles. The first-order valence-electron chi connectivity index (χ1n) is 12.5. The Morgan fingerprint density at radius 3 is 2.05 bits per heavy atom. The number of alkyl halides is 1. The Morgan fingerprint density at radius 1 is 0.946 bits per heavy atom. The van der Waals surface area contributed by atoms with Crippen molar-refractivity contribution in [1.29, 1.82) is 0 Å². The SMILES string of the molecule is CC(C)(C)[Si](OC1CCC(OC(=O)c2cccc([N+](=O)[O-])c2)C(F)C1)(c1ccccc1)c1ccccc1. The van der Waals surface area contributed by atoms with E-state index in [2.05, 4.69) is 45.0 Å². The van der Waals surface area contributed by atoms with Crippen LogP contribution >= 0.6 is 0 Å². The van der Waals surface area contributed by atoms with Gasteiger partial charge in [0.25, 0.3) is 14.0 Å². The highest BCUT2D eigenvalue weighted by Crippen LogP contribution is 2.40. The van der Waals surface area contributed by atoms with Crippen molar-refractivity contribution in [3.05, 3.63) is 101 Å². The maximum Gasteiger partial charge on any atom is 0.338 e. The molecule has 4 rings (SSSR count). The van der Waals surface area contributed by atoms with Gasteiger partial charge in [0.05, 0.1) is 10.5 Å². The van der Waals surface area contributed by atoms with Crippen LogP contribution < -0.4 is 10.4 Å². The molecule has 1 aliphatic carbocycles. The first-order valence-corrected chi connectivity index (χ1v) is 14.4. The largest absolute Gasteiger partial charge is 0.456 e. The molecule has 3 aromatic rings. The van der Waals surface area contributed by atoms with Crippen molar-refractivity contribution in [2.75, 3.05) is 0 Å². The highest BCUT2D eigenvalue weighted by Gasteiger charge is 2.52. The molecule has 6 nitrogen and oxygen atoms in total. The minimum absolute atomic E-state index is 0.0343. The van der Waals surface area contributed by atoms with Gasteiger partial charge in [-0.15, -0.1) is 0 Å². The number of rotatable bonds is 7. The average molecular weight is 522 g/mol. The molecule has 0 aromatic heterocycles. The van der Waals surface area contributed by atoms with E-state index in [1.54, 1.807) is 0 Å². The number of non-ortho nitro benzene ring substituents is 1. The summed E-state index contributed by atoms with van der Waals surface area (Å²) >= 11 is 0. The maximum absolute atomic E-state index is 15.4. The third-order valence-electron chi connectivity index (χ3n) is 6.98. The van der Waals surface area contributed by atoms with Gasteiger partial charge in [-0.1, -0.05) is 87.5 Å². The number of nitro groups is 1. The van der Waals surface area contributed by atoms with Crippen LogP contribution in [0.3, 0.4) is 0 Å². The summed E-state index contributed by atoms with van der Waals surface area (Å²) in [5.41, 5.74) is -0.180. The van der Waals surface area contributed by atoms with Crippen LogP contribution in [0.4, 0.5) is 10.1 Å². The highest BCUT2D eigenvalue weighted by molar-refractivity contribution is 6.99. The predicted molar refractivity (Wildman–Crippen MR) is 144 cm³/mol. The first kappa shape index (κ1) is 26.7. The van der Waals surface area contributed by atoms with E-state index in [1.165, 1.54) is 18.2 Å². The third kappa shape index (κ3) is 5.65. The van der Waals surface area contributed by atoms with E-state index >= 15 is 4.39 Å². The zero-order valence-corrected chi connectivity index (χ0v) is 22.3. The fourth-order valence-electron chi connectivity index (χ4n) is 5.18. The van der Waals surface area contributed by atoms with E-state index in [1.807, 2.05) is 36.4 Å². The van der Waals surface area contributed by atoms with Gasteiger partial charge in [-0.05, 0) is 34.3 Å². The van der Waals surface area contributed by atoms with Gasteiger partial charge in [-0.25, -0.2) is 9.18 Å². The number of esters is 1. The molecule has 37 heavy (non-hydrogen) atoms. The number of carbonyl (C=O) groups is 1. The molecule has 1 fully saturated rings. The summed E-state index contributed by atoms with van der Waals surface area (Å²) < 4.78 is 27.9. The summed E-state index contributed by atoms with van der Waals surface area (Å²) in [6.07, 6.45) is -1.71. The highest BCUT2D eigenvalue weighted by atomic mass is 28.4. The van der Waals surface area contributed by atoms with Gasteiger partial charge in [0.1, 0.15) is 12.3 Å². The lowest BCUT2D eigenvalue weighted by Crippen LogP contribution is -2.68. The van der Waals surface area contributed by atoms with Gasteiger partial charge in [0.2, 0.25) is 0 Å². The summed E-state index contributed by atoms with van der Waals surface area (Å²) in [4.78, 5) is 23.1. The number of benzene rings is 3. The van der Waals surface area contributed by atoms with E-state index in [4.69, 9.17) is 9.16 Å². The molecule has 0 amide bonds.